The first-order chi connectivity index (χ1) is 9.88. The number of fused-ring (bicyclic) bond motifs is 1. The van der Waals surface area contributed by atoms with Crippen molar-refractivity contribution in [3.63, 3.8) is 0 Å². The summed E-state index contributed by atoms with van der Waals surface area (Å²) < 4.78 is 0. The smallest absolute Gasteiger partial charge is 0.0478 e. The highest BCUT2D eigenvalue weighted by molar-refractivity contribution is 5.80. The van der Waals surface area contributed by atoms with Crippen LogP contribution in [0.25, 0.3) is 10.9 Å². The van der Waals surface area contributed by atoms with Crippen LogP contribution in [-0.2, 0) is 0 Å². The van der Waals surface area contributed by atoms with Gasteiger partial charge < -0.3 is 10.3 Å². The molecule has 0 aliphatic rings. The van der Waals surface area contributed by atoms with Gasteiger partial charge in [-0.15, -0.1) is 0 Å². The van der Waals surface area contributed by atoms with E-state index in [-0.39, 0.29) is 0 Å². The Labute approximate surface area is 119 Å². The van der Waals surface area contributed by atoms with Crippen LogP contribution in [0, 0.1) is 0 Å². The Morgan fingerprint density at radius 2 is 2.15 bits per heavy atom. The molecule has 2 N–H and O–H groups in total. The number of pyridine rings is 1. The summed E-state index contributed by atoms with van der Waals surface area (Å²) in [5.41, 5.74) is 3.63. The lowest BCUT2D eigenvalue weighted by Gasteiger charge is -2.17. The number of rotatable bonds is 5. The average Bonchev–Trinajstić information content (AvgIpc) is 2.96. The van der Waals surface area contributed by atoms with E-state index in [1.807, 2.05) is 25.5 Å². The third kappa shape index (κ3) is 2.58. The molecule has 1 atom stereocenters. The molecule has 0 bridgehead atoms. The molecular weight excluding hydrogens is 246 g/mol. The molecular formula is C17H19N3. The van der Waals surface area contributed by atoms with E-state index in [0.717, 1.165) is 18.7 Å². The minimum Gasteiger partial charge on any atom is -0.361 e. The third-order valence-corrected chi connectivity index (χ3v) is 3.71. The fraction of sp³-hybridized carbons (Fsp3) is 0.235. The summed E-state index contributed by atoms with van der Waals surface area (Å²) in [5.74, 6) is 0.330. The monoisotopic (exact) mass is 265 g/mol. The zero-order valence-corrected chi connectivity index (χ0v) is 11.6. The minimum atomic E-state index is 0.330. The standard InChI is InChI=1S/C17H19N3/c1-18-10-8-15(16-4-2-3-9-19-16)14-6-5-13-7-11-20-17(13)12-14/h2-7,9,11-12,15,18,20H,8,10H2,1H3. The fourth-order valence-corrected chi connectivity index (χ4v) is 2.64. The summed E-state index contributed by atoms with van der Waals surface area (Å²) in [6.07, 6.45) is 4.90. The molecule has 1 aromatic carbocycles. The van der Waals surface area contributed by atoms with Crippen LogP contribution in [-0.4, -0.2) is 23.6 Å². The highest BCUT2D eigenvalue weighted by Gasteiger charge is 2.15. The zero-order chi connectivity index (χ0) is 13.8. The number of aromatic amines is 1. The molecule has 0 radical (unpaired) electrons. The second-order valence-corrected chi connectivity index (χ2v) is 5.02. The molecule has 0 amide bonds. The van der Waals surface area contributed by atoms with Crippen molar-refractivity contribution in [1.82, 2.24) is 15.3 Å². The van der Waals surface area contributed by atoms with Gasteiger partial charge in [-0.3, -0.25) is 4.98 Å². The Morgan fingerprint density at radius 3 is 2.95 bits per heavy atom. The number of nitrogens with one attached hydrogen (secondary N) is 2. The molecule has 1 unspecified atom stereocenters. The van der Waals surface area contributed by atoms with Crippen LogP contribution in [0.1, 0.15) is 23.6 Å². The molecule has 0 fully saturated rings. The minimum absolute atomic E-state index is 0.330. The number of hydrogen-bond donors (Lipinski definition) is 2. The lowest BCUT2D eigenvalue weighted by atomic mass is 9.91. The van der Waals surface area contributed by atoms with Crippen molar-refractivity contribution in [3.05, 3.63) is 66.1 Å². The normalized spacial score (nSPS) is 12.7. The molecule has 0 spiro atoms. The Kier molecular flexibility index (Phi) is 3.79. The van der Waals surface area contributed by atoms with Gasteiger partial charge in [-0.25, -0.2) is 0 Å². The van der Waals surface area contributed by atoms with Crippen LogP contribution in [0.4, 0.5) is 0 Å². The van der Waals surface area contributed by atoms with Crippen molar-refractivity contribution >= 4 is 10.9 Å². The first kappa shape index (κ1) is 12.9. The number of nitrogens with zero attached hydrogens (tertiary/aromatic N) is 1. The topological polar surface area (TPSA) is 40.7 Å². The largest absolute Gasteiger partial charge is 0.361 e. The van der Waals surface area contributed by atoms with E-state index in [1.165, 1.54) is 16.5 Å². The maximum Gasteiger partial charge on any atom is 0.0478 e. The van der Waals surface area contributed by atoms with Crippen molar-refractivity contribution in [2.75, 3.05) is 13.6 Å². The zero-order valence-electron chi connectivity index (χ0n) is 11.6. The Morgan fingerprint density at radius 1 is 1.20 bits per heavy atom. The molecule has 0 saturated carbocycles. The molecule has 0 saturated heterocycles. The maximum atomic E-state index is 4.54. The molecule has 3 nitrogen and oxygen atoms in total. The van der Waals surface area contributed by atoms with Crippen LogP contribution < -0.4 is 5.32 Å². The molecule has 2 heterocycles. The molecule has 3 aromatic rings. The fourth-order valence-electron chi connectivity index (χ4n) is 2.64. The number of aromatic nitrogens is 2. The van der Waals surface area contributed by atoms with Crippen LogP contribution >= 0.6 is 0 Å². The van der Waals surface area contributed by atoms with Crippen LogP contribution in [0.15, 0.2) is 54.9 Å². The van der Waals surface area contributed by atoms with E-state index >= 15 is 0 Å². The van der Waals surface area contributed by atoms with Crippen molar-refractivity contribution in [3.8, 4) is 0 Å². The summed E-state index contributed by atoms with van der Waals surface area (Å²) >= 11 is 0. The van der Waals surface area contributed by atoms with E-state index in [1.54, 1.807) is 0 Å². The number of hydrogen-bond acceptors (Lipinski definition) is 2. The van der Waals surface area contributed by atoms with Gasteiger partial charge in [-0.2, -0.15) is 0 Å². The molecule has 20 heavy (non-hydrogen) atoms. The number of benzene rings is 1. The van der Waals surface area contributed by atoms with E-state index in [4.69, 9.17) is 0 Å². The first-order valence-corrected chi connectivity index (χ1v) is 7.01. The molecule has 3 heteroatoms. The van der Waals surface area contributed by atoms with E-state index in [0.29, 0.717) is 5.92 Å². The highest BCUT2D eigenvalue weighted by Crippen LogP contribution is 2.28. The van der Waals surface area contributed by atoms with Crippen molar-refractivity contribution in [2.24, 2.45) is 0 Å². The second kappa shape index (κ2) is 5.88. The van der Waals surface area contributed by atoms with Gasteiger partial charge in [0, 0.05) is 29.5 Å². The van der Waals surface area contributed by atoms with E-state index < -0.39 is 0 Å². The van der Waals surface area contributed by atoms with Crippen molar-refractivity contribution in [1.29, 1.82) is 0 Å². The van der Waals surface area contributed by atoms with Crippen LogP contribution in [0.3, 0.4) is 0 Å². The maximum absolute atomic E-state index is 4.54. The summed E-state index contributed by atoms with van der Waals surface area (Å²) in [5, 5.41) is 4.49. The van der Waals surface area contributed by atoms with Gasteiger partial charge in [0.25, 0.3) is 0 Å². The first-order valence-electron chi connectivity index (χ1n) is 7.01. The van der Waals surface area contributed by atoms with E-state index in [2.05, 4.69) is 51.7 Å². The van der Waals surface area contributed by atoms with Crippen molar-refractivity contribution < 1.29 is 0 Å². The Hall–Kier alpha value is -2.13. The summed E-state index contributed by atoms with van der Waals surface area (Å²) in [4.78, 5) is 7.82. The van der Waals surface area contributed by atoms with Gasteiger partial charge in [0.1, 0.15) is 0 Å². The quantitative estimate of drug-likeness (QED) is 0.743. The van der Waals surface area contributed by atoms with Crippen molar-refractivity contribution in [2.45, 2.75) is 12.3 Å². The van der Waals surface area contributed by atoms with Gasteiger partial charge in [-0.1, -0.05) is 18.2 Å². The van der Waals surface area contributed by atoms with Gasteiger partial charge in [0.2, 0.25) is 0 Å². The van der Waals surface area contributed by atoms with Gasteiger partial charge >= 0.3 is 0 Å². The predicted molar refractivity (Wildman–Crippen MR) is 82.9 cm³/mol. The van der Waals surface area contributed by atoms with Gasteiger partial charge in [-0.05, 0) is 55.2 Å². The Bertz CT molecular complexity index is 673. The highest BCUT2D eigenvalue weighted by atomic mass is 14.8. The van der Waals surface area contributed by atoms with Crippen LogP contribution in [0.5, 0.6) is 0 Å². The predicted octanol–water partition coefficient (Wildman–Crippen LogP) is 3.30. The summed E-state index contributed by atoms with van der Waals surface area (Å²) in [6, 6.07) is 14.9. The SMILES string of the molecule is CNCCC(c1ccc2cc[nH]c2c1)c1ccccn1. The second-order valence-electron chi connectivity index (χ2n) is 5.02. The van der Waals surface area contributed by atoms with E-state index in [9.17, 15) is 0 Å². The average molecular weight is 265 g/mol. The lowest BCUT2D eigenvalue weighted by molar-refractivity contribution is 0.650. The number of H-pyrrole nitrogens is 1. The molecule has 2 aromatic heterocycles. The molecule has 102 valence electrons. The lowest BCUT2D eigenvalue weighted by Crippen LogP contribution is -2.14. The summed E-state index contributed by atoms with van der Waals surface area (Å²) in [6.45, 7) is 0.976. The Balaban J connectivity index is 1.99. The molecule has 0 aliphatic heterocycles. The molecule has 3 rings (SSSR count). The third-order valence-electron chi connectivity index (χ3n) is 3.71. The van der Waals surface area contributed by atoms with Crippen LogP contribution in [0.2, 0.25) is 0 Å². The van der Waals surface area contributed by atoms with Gasteiger partial charge in [0.15, 0.2) is 0 Å². The molecule has 0 aliphatic carbocycles. The van der Waals surface area contributed by atoms with Gasteiger partial charge in [0.05, 0.1) is 0 Å². The summed E-state index contributed by atoms with van der Waals surface area (Å²) in [7, 11) is 1.99.